The number of halogens is 1. The molecular formula is C14H25ClO3. The van der Waals surface area contributed by atoms with Crippen molar-refractivity contribution < 1.29 is 14.2 Å². The minimum Gasteiger partial charge on any atom is -0.382 e. The second-order valence-corrected chi connectivity index (χ2v) is 6.02. The zero-order valence-corrected chi connectivity index (χ0v) is 12.0. The van der Waals surface area contributed by atoms with Crippen LogP contribution in [0.25, 0.3) is 0 Å². The molecule has 4 heteroatoms. The van der Waals surface area contributed by atoms with Crippen LogP contribution < -0.4 is 0 Å². The highest BCUT2D eigenvalue weighted by molar-refractivity contribution is 6.21. The molecule has 0 amide bonds. The van der Waals surface area contributed by atoms with Gasteiger partial charge in [-0.2, -0.15) is 0 Å². The molecule has 3 atom stereocenters. The van der Waals surface area contributed by atoms with Crippen molar-refractivity contribution in [3.05, 3.63) is 0 Å². The van der Waals surface area contributed by atoms with Gasteiger partial charge in [-0.25, -0.2) is 0 Å². The van der Waals surface area contributed by atoms with E-state index in [-0.39, 0.29) is 17.6 Å². The quantitative estimate of drug-likeness (QED) is 0.528. The fourth-order valence-corrected chi connectivity index (χ4v) is 3.19. The topological polar surface area (TPSA) is 27.7 Å². The molecular weight excluding hydrogens is 252 g/mol. The lowest BCUT2D eigenvalue weighted by molar-refractivity contribution is -0.137. The highest BCUT2D eigenvalue weighted by Crippen LogP contribution is 2.33. The molecule has 106 valence electrons. The number of hydrogen-bond acceptors (Lipinski definition) is 3. The molecule has 0 heterocycles. The number of rotatable bonds is 7. The summed E-state index contributed by atoms with van der Waals surface area (Å²) in [6.07, 6.45) is 7.96. The molecule has 0 aromatic carbocycles. The van der Waals surface area contributed by atoms with Crippen LogP contribution in [0.15, 0.2) is 0 Å². The van der Waals surface area contributed by atoms with Crippen molar-refractivity contribution in [2.24, 2.45) is 5.92 Å². The third kappa shape index (κ3) is 4.09. The van der Waals surface area contributed by atoms with Gasteiger partial charge in [-0.3, -0.25) is 0 Å². The molecule has 0 bridgehead atoms. The van der Waals surface area contributed by atoms with E-state index >= 15 is 0 Å². The maximum absolute atomic E-state index is 6.16. The summed E-state index contributed by atoms with van der Waals surface area (Å²) in [5.41, 5.74) is 0. The Bertz CT molecular complexity index is 231. The first kappa shape index (κ1) is 14.6. The second-order valence-electron chi connectivity index (χ2n) is 5.46. The minimum absolute atomic E-state index is 0.0606. The predicted octanol–water partition coefficient (Wildman–Crippen LogP) is 2.99. The Labute approximate surface area is 115 Å². The lowest BCUT2D eigenvalue weighted by atomic mass is 9.88. The first-order valence-electron chi connectivity index (χ1n) is 7.17. The van der Waals surface area contributed by atoms with E-state index in [4.69, 9.17) is 25.8 Å². The molecule has 18 heavy (non-hydrogen) atoms. The summed E-state index contributed by atoms with van der Waals surface area (Å²) in [7, 11) is 1.68. The molecule has 0 aliphatic heterocycles. The third-order valence-electron chi connectivity index (χ3n) is 4.05. The van der Waals surface area contributed by atoms with Gasteiger partial charge in [0.2, 0.25) is 0 Å². The molecule has 0 saturated heterocycles. The molecule has 3 unspecified atom stereocenters. The van der Waals surface area contributed by atoms with Crippen molar-refractivity contribution in [1.82, 2.24) is 0 Å². The molecule has 0 spiro atoms. The van der Waals surface area contributed by atoms with Crippen LogP contribution in [0, 0.1) is 5.92 Å². The van der Waals surface area contributed by atoms with Gasteiger partial charge in [0.25, 0.3) is 0 Å². The average molecular weight is 277 g/mol. The molecule has 2 rings (SSSR count). The Hall–Kier alpha value is 0.170. The highest BCUT2D eigenvalue weighted by Gasteiger charge is 2.42. The van der Waals surface area contributed by atoms with Crippen LogP contribution >= 0.6 is 11.6 Å². The standard InChI is InChI=1S/C14H25ClO3/c1-16-7-8-17-14-12(15)9-13(14)18-10-11-5-3-2-4-6-11/h11-14H,2-10H2,1H3. The number of hydrogen-bond donors (Lipinski definition) is 0. The van der Waals surface area contributed by atoms with Gasteiger partial charge in [0.1, 0.15) is 6.10 Å². The molecule has 0 aromatic rings. The van der Waals surface area contributed by atoms with Crippen LogP contribution in [-0.2, 0) is 14.2 Å². The summed E-state index contributed by atoms with van der Waals surface area (Å²) in [5, 5.41) is 0.109. The molecule has 2 saturated carbocycles. The molecule has 2 aliphatic rings. The lowest BCUT2D eigenvalue weighted by Gasteiger charge is -2.41. The summed E-state index contributed by atoms with van der Waals surface area (Å²) in [5.74, 6) is 0.757. The van der Waals surface area contributed by atoms with E-state index in [0.717, 1.165) is 18.9 Å². The number of ether oxygens (including phenoxy) is 3. The maximum atomic E-state index is 6.16. The van der Waals surface area contributed by atoms with Gasteiger partial charge in [0.05, 0.1) is 24.7 Å². The van der Waals surface area contributed by atoms with Crippen molar-refractivity contribution in [2.45, 2.75) is 56.1 Å². The highest BCUT2D eigenvalue weighted by atomic mass is 35.5. The van der Waals surface area contributed by atoms with E-state index in [1.165, 1.54) is 32.1 Å². The largest absolute Gasteiger partial charge is 0.382 e. The van der Waals surface area contributed by atoms with Gasteiger partial charge in [-0.1, -0.05) is 19.3 Å². The van der Waals surface area contributed by atoms with Gasteiger partial charge in [0.15, 0.2) is 0 Å². The Morgan fingerprint density at radius 3 is 2.50 bits per heavy atom. The maximum Gasteiger partial charge on any atom is 0.100 e. The van der Waals surface area contributed by atoms with Crippen molar-refractivity contribution in [1.29, 1.82) is 0 Å². The van der Waals surface area contributed by atoms with E-state index in [2.05, 4.69) is 0 Å². The van der Waals surface area contributed by atoms with Gasteiger partial charge in [0, 0.05) is 13.7 Å². The van der Waals surface area contributed by atoms with Crippen LogP contribution in [0.2, 0.25) is 0 Å². The van der Waals surface area contributed by atoms with Crippen molar-refractivity contribution in [3.63, 3.8) is 0 Å². The van der Waals surface area contributed by atoms with Crippen molar-refractivity contribution >= 4 is 11.6 Å². The molecule has 2 fully saturated rings. The van der Waals surface area contributed by atoms with Crippen LogP contribution in [0.1, 0.15) is 38.5 Å². The van der Waals surface area contributed by atoms with Crippen molar-refractivity contribution in [3.8, 4) is 0 Å². The van der Waals surface area contributed by atoms with Crippen LogP contribution in [0.4, 0.5) is 0 Å². The van der Waals surface area contributed by atoms with Gasteiger partial charge < -0.3 is 14.2 Å². The first-order valence-corrected chi connectivity index (χ1v) is 7.61. The van der Waals surface area contributed by atoms with Crippen LogP contribution in [0.5, 0.6) is 0 Å². The first-order chi connectivity index (χ1) is 8.81. The Balaban J connectivity index is 1.62. The van der Waals surface area contributed by atoms with Crippen LogP contribution in [0.3, 0.4) is 0 Å². The number of methoxy groups -OCH3 is 1. The Morgan fingerprint density at radius 1 is 1.06 bits per heavy atom. The average Bonchev–Trinajstić information content (AvgIpc) is 2.40. The fourth-order valence-electron chi connectivity index (χ4n) is 2.78. The van der Waals surface area contributed by atoms with E-state index < -0.39 is 0 Å². The van der Waals surface area contributed by atoms with E-state index in [1.807, 2.05) is 0 Å². The van der Waals surface area contributed by atoms with Crippen LogP contribution in [-0.4, -0.2) is 44.5 Å². The molecule has 2 aliphatic carbocycles. The zero-order valence-electron chi connectivity index (χ0n) is 11.3. The Kier molecular flexibility index (Phi) is 6.22. The minimum atomic E-state index is 0.0606. The van der Waals surface area contributed by atoms with Gasteiger partial charge in [-0.15, -0.1) is 11.6 Å². The SMILES string of the molecule is COCCOC1C(Cl)CC1OCC1CCCCC1. The van der Waals surface area contributed by atoms with Gasteiger partial charge >= 0.3 is 0 Å². The van der Waals surface area contributed by atoms with E-state index in [0.29, 0.717) is 13.2 Å². The summed E-state index contributed by atoms with van der Waals surface area (Å²) in [4.78, 5) is 0. The summed E-state index contributed by atoms with van der Waals surface area (Å²) >= 11 is 6.16. The molecule has 3 nitrogen and oxygen atoms in total. The fraction of sp³-hybridized carbons (Fsp3) is 1.00. The monoisotopic (exact) mass is 276 g/mol. The van der Waals surface area contributed by atoms with E-state index in [9.17, 15) is 0 Å². The number of alkyl halides is 1. The Morgan fingerprint density at radius 2 is 1.83 bits per heavy atom. The van der Waals surface area contributed by atoms with E-state index in [1.54, 1.807) is 7.11 Å². The third-order valence-corrected chi connectivity index (χ3v) is 4.48. The zero-order chi connectivity index (χ0) is 12.8. The molecule has 0 N–H and O–H groups in total. The predicted molar refractivity (Wildman–Crippen MR) is 72.2 cm³/mol. The molecule has 0 radical (unpaired) electrons. The lowest BCUT2D eigenvalue weighted by Crippen LogP contribution is -2.51. The molecule has 0 aromatic heterocycles. The van der Waals surface area contributed by atoms with Gasteiger partial charge in [-0.05, 0) is 25.2 Å². The van der Waals surface area contributed by atoms with Crippen molar-refractivity contribution in [2.75, 3.05) is 26.9 Å². The second kappa shape index (κ2) is 7.68. The normalized spacial score (nSPS) is 33.3. The summed E-state index contributed by atoms with van der Waals surface area (Å²) in [6, 6.07) is 0. The summed E-state index contributed by atoms with van der Waals surface area (Å²) in [6.45, 7) is 2.11. The smallest absolute Gasteiger partial charge is 0.100 e. The summed E-state index contributed by atoms with van der Waals surface area (Å²) < 4.78 is 16.7.